The molecule has 0 saturated heterocycles. The highest BCUT2D eigenvalue weighted by Crippen LogP contribution is 2.32. The van der Waals surface area contributed by atoms with Crippen LogP contribution in [0.2, 0.25) is 0 Å². The maximum Gasteiger partial charge on any atom is 0.184 e. The van der Waals surface area contributed by atoms with Crippen LogP contribution >= 0.6 is 27.3 Å². The molecule has 0 radical (unpaired) electrons. The number of nitrogens with zero attached hydrogens (tertiary/aromatic N) is 1. The third-order valence-corrected chi connectivity index (χ3v) is 4.94. The summed E-state index contributed by atoms with van der Waals surface area (Å²) < 4.78 is 7.29. The number of hydrogen-bond donors (Lipinski definition) is 1. The summed E-state index contributed by atoms with van der Waals surface area (Å²) in [6, 6.07) is 12.8. The van der Waals surface area contributed by atoms with Crippen molar-refractivity contribution in [2.24, 2.45) is 0 Å². The van der Waals surface area contributed by atoms with E-state index in [1.165, 1.54) is 11.3 Å². The number of Topliss-reactive ketones (excluding diaryl/α,β-unsaturated/α-hetero) is 1. The zero-order valence-corrected chi connectivity index (χ0v) is 15.1. The van der Waals surface area contributed by atoms with Crippen LogP contribution < -0.4 is 10.1 Å². The molecule has 118 valence electrons. The van der Waals surface area contributed by atoms with E-state index in [-0.39, 0.29) is 11.8 Å². The van der Waals surface area contributed by atoms with Crippen LogP contribution in [0.25, 0.3) is 10.2 Å². The summed E-state index contributed by atoms with van der Waals surface area (Å²) in [7, 11) is 1.63. The van der Waals surface area contributed by atoms with Gasteiger partial charge in [-0.05, 0) is 31.2 Å². The smallest absolute Gasteiger partial charge is 0.184 e. The fourth-order valence-corrected chi connectivity index (χ4v) is 3.50. The van der Waals surface area contributed by atoms with E-state index in [2.05, 4.69) is 26.2 Å². The van der Waals surface area contributed by atoms with Gasteiger partial charge in [0.2, 0.25) is 0 Å². The van der Waals surface area contributed by atoms with Gasteiger partial charge in [0.05, 0.1) is 17.9 Å². The van der Waals surface area contributed by atoms with Gasteiger partial charge in [0.15, 0.2) is 10.9 Å². The molecule has 2 aromatic carbocycles. The van der Waals surface area contributed by atoms with Gasteiger partial charge in [-0.25, -0.2) is 4.98 Å². The quantitative estimate of drug-likeness (QED) is 0.638. The number of halogens is 1. The lowest BCUT2D eigenvalue weighted by atomic mass is 10.1. The Bertz CT molecular complexity index is 845. The molecule has 0 bridgehead atoms. The first-order valence-electron chi connectivity index (χ1n) is 7.08. The number of nitrogens with one attached hydrogen (secondary N) is 1. The molecule has 23 heavy (non-hydrogen) atoms. The minimum absolute atomic E-state index is 0.0312. The lowest BCUT2D eigenvalue weighted by Gasteiger charge is -2.11. The van der Waals surface area contributed by atoms with Crippen LogP contribution in [0.1, 0.15) is 17.3 Å². The number of rotatable bonds is 5. The molecular formula is C17H15BrN2O2S. The topological polar surface area (TPSA) is 51.2 Å². The SMILES string of the molecule is COc1cccc2sc(NC(C)C(=O)c3ccc(Br)cc3)nc12. The van der Waals surface area contributed by atoms with Gasteiger partial charge in [0.1, 0.15) is 11.3 Å². The number of thiazole rings is 1. The number of benzene rings is 2. The van der Waals surface area contributed by atoms with Gasteiger partial charge in [-0.1, -0.05) is 45.5 Å². The zero-order valence-electron chi connectivity index (χ0n) is 12.7. The van der Waals surface area contributed by atoms with Gasteiger partial charge in [-0.2, -0.15) is 0 Å². The summed E-state index contributed by atoms with van der Waals surface area (Å²) in [5.74, 6) is 0.766. The van der Waals surface area contributed by atoms with E-state index in [9.17, 15) is 4.79 Å². The normalized spacial score (nSPS) is 12.1. The van der Waals surface area contributed by atoms with Gasteiger partial charge >= 0.3 is 0 Å². The summed E-state index contributed by atoms with van der Waals surface area (Å²) >= 11 is 4.88. The molecule has 1 heterocycles. The second-order valence-corrected chi connectivity index (χ2v) is 7.01. The number of hydrogen-bond acceptors (Lipinski definition) is 5. The lowest BCUT2D eigenvalue weighted by molar-refractivity contribution is 0.0975. The largest absolute Gasteiger partial charge is 0.494 e. The van der Waals surface area contributed by atoms with Crippen LogP contribution in [0.5, 0.6) is 5.75 Å². The van der Waals surface area contributed by atoms with Gasteiger partial charge in [0.25, 0.3) is 0 Å². The number of carbonyl (C=O) groups is 1. The van der Waals surface area contributed by atoms with Crippen LogP contribution in [-0.4, -0.2) is 23.9 Å². The highest BCUT2D eigenvalue weighted by atomic mass is 79.9. The maximum absolute atomic E-state index is 12.5. The first-order valence-corrected chi connectivity index (χ1v) is 8.69. The van der Waals surface area contributed by atoms with Gasteiger partial charge in [-0.3, -0.25) is 4.79 Å². The van der Waals surface area contributed by atoms with E-state index < -0.39 is 0 Å². The fraction of sp³-hybridized carbons (Fsp3) is 0.176. The molecule has 3 rings (SSSR count). The Hall–Kier alpha value is -1.92. The minimum Gasteiger partial charge on any atom is -0.494 e. The van der Waals surface area contributed by atoms with Crippen molar-refractivity contribution in [3.63, 3.8) is 0 Å². The van der Waals surface area contributed by atoms with Crippen molar-refractivity contribution in [1.29, 1.82) is 0 Å². The molecule has 1 atom stereocenters. The molecule has 3 aromatic rings. The summed E-state index contributed by atoms with van der Waals surface area (Å²) in [6.07, 6.45) is 0. The van der Waals surface area contributed by atoms with E-state index in [0.29, 0.717) is 10.7 Å². The third kappa shape index (κ3) is 3.38. The number of fused-ring (bicyclic) bond motifs is 1. The van der Waals surface area contributed by atoms with E-state index in [1.54, 1.807) is 7.11 Å². The average Bonchev–Trinajstić information content (AvgIpc) is 2.97. The molecular weight excluding hydrogens is 376 g/mol. The summed E-state index contributed by atoms with van der Waals surface area (Å²) in [4.78, 5) is 17.0. The molecule has 6 heteroatoms. The van der Waals surface area contributed by atoms with Crippen molar-refractivity contribution in [2.45, 2.75) is 13.0 Å². The molecule has 0 amide bonds. The van der Waals surface area contributed by atoms with Crippen molar-refractivity contribution in [3.8, 4) is 5.75 Å². The Kier molecular flexibility index (Phi) is 4.63. The summed E-state index contributed by atoms with van der Waals surface area (Å²) in [5, 5.41) is 3.90. The van der Waals surface area contributed by atoms with Crippen LogP contribution in [0.3, 0.4) is 0 Å². The Balaban J connectivity index is 1.81. The highest BCUT2D eigenvalue weighted by Gasteiger charge is 2.17. The number of ether oxygens (including phenoxy) is 1. The van der Waals surface area contributed by atoms with Crippen LogP contribution in [0.4, 0.5) is 5.13 Å². The van der Waals surface area contributed by atoms with Gasteiger partial charge in [-0.15, -0.1) is 0 Å². The molecule has 1 unspecified atom stereocenters. The second-order valence-electron chi connectivity index (χ2n) is 5.06. The number of para-hydroxylation sites is 1. The first-order chi connectivity index (χ1) is 11.1. The Morgan fingerprint density at radius 1 is 1.26 bits per heavy atom. The highest BCUT2D eigenvalue weighted by molar-refractivity contribution is 9.10. The summed E-state index contributed by atoms with van der Waals surface area (Å²) in [5.41, 5.74) is 1.48. The minimum atomic E-state index is -0.359. The number of methoxy groups -OCH3 is 1. The predicted octanol–water partition coefficient (Wildman–Crippen LogP) is 4.75. The second kappa shape index (κ2) is 6.68. The fourth-order valence-electron chi connectivity index (χ4n) is 2.26. The van der Waals surface area contributed by atoms with Gasteiger partial charge in [0, 0.05) is 10.0 Å². The zero-order chi connectivity index (χ0) is 16.4. The van der Waals surface area contributed by atoms with Crippen molar-refractivity contribution >= 4 is 48.4 Å². The average molecular weight is 391 g/mol. The van der Waals surface area contributed by atoms with Crippen LogP contribution in [0.15, 0.2) is 46.9 Å². The number of carbonyl (C=O) groups excluding carboxylic acids is 1. The standard InChI is InChI=1S/C17H15BrN2O2S/c1-10(16(21)11-6-8-12(18)9-7-11)19-17-20-15-13(22-2)4-3-5-14(15)23-17/h3-10H,1-2H3,(H,19,20). The molecule has 0 fully saturated rings. The molecule has 4 nitrogen and oxygen atoms in total. The first kappa shape index (κ1) is 16.0. The van der Waals surface area contributed by atoms with E-state index in [4.69, 9.17) is 4.74 Å². The van der Waals surface area contributed by atoms with E-state index in [0.717, 1.165) is 20.4 Å². The van der Waals surface area contributed by atoms with Crippen molar-refractivity contribution < 1.29 is 9.53 Å². The molecule has 1 aromatic heterocycles. The van der Waals surface area contributed by atoms with Crippen LogP contribution in [-0.2, 0) is 0 Å². The predicted molar refractivity (Wildman–Crippen MR) is 97.7 cm³/mol. The molecule has 0 saturated carbocycles. The van der Waals surface area contributed by atoms with Gasteiger partial charge < -0.3 is 10.1 Å². The van der Waals surface area contributed by atoms with Crippen molar-refractivity contribution in [3.05, 3.63) is 52.5 Å². The molecule has 0 aliphatic heterocycles. The van der Waals surface area contributed by atoms with Crippen molar-refractivity contribution in [1.82, 2.24) is 4.98 Å². The van der Waals surface area contributed by atoms with Crippen molar-refractivity contribution in [2.75, 3.05) is 12.4 Å². The maximum atomic E-state index is 12.5. The Morgan fingerprint density at radius 2 is 2.00 bits per heavy atom. The lowest BCUT2D eigenvalue weighted by Crippen LogP contribution is -2.26. The molecule has 1 N–H and O–H groups in total. The third-order valence-electron chi connectivity index (χ3n) is 3.46. The molecule has 0 aliphatic carbocycles. The van der Waals surface area contributed by atoms with E-state index in [1.807, 2.05) is 49.4 Å². The molecule has 0 spiro atoms. The molecule has 0 aliphatic rings. The van der Waals surface area contributed by atoms with E-state index >= 15 is 0 Å². The Labute approximate surface area is 146 Å². The summed E-state index contributed by atoms with van der Waals surface area (Å²) in [6.45, 7) is 1.84. The number of aromatic nitrogens is 1. The monoisotopic (exact) mass is 390 g/mol. The number of anilines is 1. The Morgan fingerprint density at radius 3 is 2.70 bits per heavy atom. The van der Waals surface area contributed by atoms with Crippen LogP contribution in [0, 0.1) is 0 Å². The number of ketones is 1.